The lowest BCUT2D eigenvalue weighted by atomic mass is 9.94. The molecule has 14 nitrogen and oxygen atoms in total. The van der Waals surface area contributed by atoms with Crippen LogP contribution in [0.25, 0.3) is 0 Å². The summed E-state index contributed by atoms with van der Waals surface area (Å²) in [5, 5.41) is 10.2. The molecule has 5 rings (SSSR count). The van der Waals surface area contributed by atoms with Crippen molar-refractivity contribution in [2.24, 2.45) is 20.0 Å². The first kappa shape index (κ1) is 44.4. The number of thiocarbonyl (C=S) groups is 1. The molecule has 0 spiro atoms. The summed E-state index contributed by atoms with van der Waals surface area (Å²) in [6.07, 6.45) is 0.946. The second kappa shape index (κ2) is 20.1. The molecule has 0 aliphatic carbocycles. The van der Waals surface area contributed by atoms with Crippen molar-refractivity contribution in [2.45, 2.75) is 85.4 Å². The summed E-state index contributed by atoms with van der Waals surface area (Å²) in [7, 11) is 0. The number of nitrogens with one attached hydrogen (secondary N) is 2. The van der Waals surface area contributed by atoms with E-state index >= 15 is 0 Å². The Kier molecular flexibility index (Phi) is 16.8. The van der Waals surface area contributed by atoms with Crippen LogP contribution in [0.1, 0.15) is 78.0 Å². The zero-order valence-electron chi connectivity index (χ0n) is 30.1. The molecule has 0 bridgehead atoms. The predicted octanol–water partition coefficient (Wildman–Crippen LogP) is 8.08. The van der Waals surface area contributed by atoms with Crippen LogP contribution >= 0.6 is 66.8 Å². The third-order valence-electron chi connectivity index (χ3n) is 7.61. The van der Waals surface area contributed by atoms with Crippen molar-refractivity contribution in [1.82, 2.24) is 20.4 Å². The molecule has 53 heavy (non-hydrogen) atoms. The van der Waals surface area contributed by atoms with Crippen LogP contribution in [0.4, 0.5) is 9.59 Å². The highest BCUT2D eigenvalue weighted by molar-refractivity contribution is 9.10. The average Bonchev–Trinajstić information content (AvgIpc) is 3.89. The Hall–Kier alpha value is -2.97. The number of aliphatic imine (C=N–C) groups is 4. The number of thiophene rings is 2. The lowest BCUT2D eigenvalue weighted by Crippen LogP contribution is -2.51. The van der Waals surface area contributed by atoms with Gasteiger partial charge in [-0.25, -0.2) is 14.6 Å². The Morgan fingerprint density at radius 2 is 1.81 bits per heavy atom. The van der Waals surface area contributed by atoms with Crippen molar-refractivity contribution in [3.05, 3.63) is 41.6 Å². The van der Waals surface area contributed by atoms with E-state index < -0.39 is 23.3 Å². The highest BCUT2D eigenvalue weighted by atomic mass is 79.9. The van der Waals surface area contributed by atoms with Gasteiger partial charge in [0.2, 0.25) is 12.4 Å². The summed E-state index contributed by atoms with van der Waals surface area (Å²) in [5.74, 6) is 2.02. The Balaban J connectivity index is 0.000000292. The second-order valence-corrected chi connectivity index (χ2v) is 16.9. The smallest absolute Gasteiger partial charge is 0.415 e. The molecule has 292 valence electrons. The van der Waals surface area contributed by atoms with Gasteiger partial charge in [-0.3, -0.25) is 25.1 Å². The van der Waals surface area contributed by atoms with E-state index in [1.807, 2.05) is 49.4 Å². The normalized spacial score (nSPS) is 19.1. The number of halogens is 2. The summed E-state index contributed by atoms with van der Waals surface area (Å²) in [6.45, 7) is 16.3. The lowest BCUT2D eigenvalue weighted by molar-refractivity contribution is -0.211. The first-order chi connectivity index (χ1) is 24.6. The van der Waals surface area contributed by atoms with Gasteiger partial charge in [-0.05, 0) is 97.8 Å². The maximum absolute atomic E-state index is 12.8. The summed E-state index contributed by atoms with van der Waals surface area (Å²) in [4.78, 5) is 57.8. The highest BCUT2D eigenvalue weighted by Gasteiger charge is 2.40. The molecule has 0 fully saturated rings. The molecule has 0 saturated heterocycles. The fourth-order valence-electron chi connectivity index (χ4n) is 5.32. The summed E-state index contributed by atoms with van der Waals surface area (Å²) >= 11 is 15.6. The van der Waals surface area contributed by atoms with Crippen molar-refractivity contribution in [3.8, 4) is 0 Å². The van der Waals surface area contributed by atoms with Crippen LogP contribution in [0.3, 0.4) is 0 Å². The summed E-state index contributed by atoms with van der Waals surface area (Å²) in [5.41, 5.74) is -1.03. The van der Waals surface area contributed by atoms with E-state index in [2.05, 4.69) is 70.5 Å². The van der Waals surface area contributed by atoms with Crippen LogP contribution in [-0.4, -0.2) is 102 Å². The molecule has 3 aliphatic rings. The van der Waals surface area contributed by atoms with Crippen LogP contribution in [0.2, 0.25) is 0 Å². The minimum Gasteiger partial charge on any atom is -0.450 e. The van der Waals surface area contributed by atoms with Gasteiger partial charge in [-0.1, -0.05) is 14.4 Å². The maximum atomic E-state index is 12.8. The van der Waals surface area contributed by atoms with Crippen molar-refractivity contribution in [1.29, 1.82) is 0 Å². The van der Waals surface area contributed by atoms with E-state index in [4.69, 9.17) is 36.5 Å². The number of amidine groups is 2. The molecule has 19 heteroatoms. The van der Waals surface area contributed by atoms with Gasteiger partial charge < -0.3 is 19.7 Å². The SMILES string of the molecule is C.CCOC(=O)NC1=N[C@](C)(c2cc(Br)cs2)CC2=NCCN21.CCOOC=NC(=S)NC(C1=NCCN1C(=O)OC(C)(C)C)[C@@H](C)c1cc(Br)cs1. The number of guanidine groups is 1. The fraction of sp³-hybridized carbons (Fsp3) is 0.559. The molecule has 2 amide bonds. The van der Waals surface area contributed by atoms with Gasteiger partial charge in [-0.2, -0.15) is 9.88 Å². The number of carbonyl (C=O) groups excluding carboxylic acids is 2. The van der Waals surface area contributed by atoms with Gasteiger partial charge in [0.05, 0.1) is 38.9 Å². The fourth-order valence-corrected chi connectivity index (χ4v) is 8.57. The third-order valence-corrected chi connectivity index (χ3v) is 11.7. The first-order valence-electron chi connectivity index (χ1n) is 16.6. The third kappa shape index (κ3) is 12.5. The van der Waals surface area contributed by atoms with Gasteiger partial charge in [0.1, 0.15) is 22.8 Å². The molecule has 1 unspecified atom stereocenters. The number of rotatable bonds is 9. The van der Waals surface area contributed by atoms with Crippen LogP contribution in [0, 0.1) is 0 Å². The maximum Gasteiger partial charge on any atom is 0.415 e. The molecular formula is C34H48Br2N8O6S3. The number of amides is 2. The lowest BCUT2D eigenvalue weighted by Gasteiger charge is -2.35. The van der Waals surface area contributed by atoms with Crippen LogP contribution < -0.4 is 10.6 Å². The predicted molar refractivity (Wildman–Crippen MR) is 224 cm³/mol. The van der Waals surface area contributed by atoms with Gasteiger partial charge in [0.25, 0.3) is 0 Å². The standard InChI is InChI=1S/C19H27BrN4O4S2.C14H17BrN4O2S.CH4/c1-6-26-27-11-22-17(29)23-15(12(2)14-9-13(20)10-30-14)16-21-7-8-24(16)18(25)28-19(3,4)5;1-3-21-13(20)17-12-18-14(2,10-6-9(15)8-22-10)7-11-16-4-5-19(11)12;/h9-12,15H,6-8H2,1-5H3,(H,23,29);6,8H,3-5,7H2,1-2H3,(H,17,18,20);1H4/t12-,15?;14-;/m00./s1. The molecule has 3 aliphatic heterocycles. The number of ether oxygens (including phenoxy) is 2. The number of hydrogen-bond donors (Lipinski definition) is 2. The number of hydrogen-bond acceptors (Lipinski definition) is 13. The van der Waals surface area contributed by atoms with Crippen LogP contribution in [-0.2, 0) is 24.8 Å². The Morgan fingerprint density at radius 1 is 1.11 bits per heavy atom. The minimum absolute atomic E-state index is 0. The largest absolute Gasteiger partial charge is 0.450 e. The van der Waals surface area contributed by atoms with E-state index in [1.165, 1.54) is 0 Å². The Labute approximate surface area is 341 Å². The van der Waals surface area contributed by atoms with Gasteiger partial charge in [0.15, 0.2) is 5.11 Å². The molecule has 3 atom stereocenters. The van der Waals surface area contributed by atoms with E-state index in [9.17, 15) is 9.59 Å². The molecule has 0 saturated carbocycles. The monoisotopic (exact) mass is 918 g/mol. The van der Waals surface area contributed by atoms with E-state index in [-0.39, 0.29) is 24.5 Å². The van der Waals surface area contributed by atoms with E-state index in [0.29, 0.717) is 38.1 Å². The average molecular weight is 921 g/mol. The molecule has 0 aromatic carbocycles. The van der Waals surface area contributed by atoms with E-state index in [0.717, 1.165) is 50.4 Å². The highest BCUT2D eigenvalue weighted by Crippen LogP contribution is 2.39. The van der Waals surface area contributed by atoms with Crippen LogP contribution in [0.5, 0.6) is 0 Å². The summed E-state index contributed by atoms with van der Waals surface area (Å²) in [6, 6.07) is 3.73. The number of carbonyl (C=O) groups is 2. The zero-order chi connectivity index (χ0) is 38.1. The molecular weight excluding hydrogens is 872 g/mol. The van der Waals surface area contributed by atoms with E-state index in [1.54, 1.807) is 41.4 Å². The molecule has 2 aromatic heterocycles. The minimum atomic E-state index is -0.603. The number of alkyl carbamates (subject to hydrolysis) is 1. The number of nitrogens with zero attached hydrogens (tertiary/aromatic N) is 6. The topological polar surface area (TPSA) is 151 Å². The molecule has 2 N–H and O–H groups in total. The quantitative estimate of drug-likeness (QED) is 0.0636. The second-order valence-electron chi connectivity index (χ2n) is 12.8. The van der Waals surface area contributed by atoms with Crippen LogP contribution in [0.15, 0.2) is 51.8 Å². The van der Waals surface area contributed by atoms with Crippen molar-refractivity contribution < 1.29 is 28.8 Å². The van der Waals surface area contributed by atoms with Gasteiger partial charge >= 0.3 is 12.2 Å². The van der Waals surface area contributed by atoms with Gasteiger partial charge in [-0.15, -0.1) is 22.7 Å². The molecule has 2 aromatic rings. The molecule has 0 radical (unpaired) electrons. The number of fused-ring (bicyclic) bond motifs is 1. The van der Waals surface area contributed by atoms with Gasteiger partial charge in [0, 0.05) is 48.3 Å². The summed E-state index contributed by atoms with van der Waals surface area (Å²) < 4.78 is 12.6. The van der Waals surface area contributed by atoms with Crippen molar-refractivity contribution >= 4 is 108 Å². The zero-order valence-corrected chi connectivity index (χ0v) is 35.7. The Bertz CT molecular complexity index is 1710. The first-order valence-corrected chi connectivity index (χ1v) is 20.4. The molecule has 5 heterocycles. The van der Waals surface area contributed by atoms with Crippen molar-refractivity contribution in [3.63, 3.8) is 0 Å². The Morgan fingerprint density at radius 3 is 2.43 bits per heavy atom. The van der Waals surface area contributed by atoms with Crippen molar-refractivity contribution in [2.75, 3.05) is 39.4 Å².